The number of halogens is 1. The molecule has 2 aromatic rings. The second-order valence-electron chi connectivity index (χ2n) is 5.05. The van der Waals surface area contributed by atoms with Crippen LogP contribution in [-0.4, -0.2) is 22.4 Å². The van der Waals surface area contributed by atoms with Crippen molar-refractivity contribution in [1.82, 2.24) is 10.3 Å². The fourth-order valence-electron chi connectivity index (χ4n) is 1.94. The summed E-state index contributed by atoms with van der Waals surface area (Å²) < 4.78 is 0. The van der Waals surface area contributed by atoms with Crippen LogP contribution < -0.4 is 10.6 Å². The molecule has 1 heterocycles. The summed E-state index contributed by atoms with van der Waals surface area (Å²) in [5, 5.41) is 7.78. The van der Waals surface area contributed by atoms with Gasteiger partial charge < -0.3 is 10.6 Å². The van der Waals surface area contributed by atoms with Crippen LogP contribution in [0.3, 0.4) is 0 Å². The van der Waals surface area contributed by atoms with E-state index in [4.69, 9.17) is 23.8 Å². The molecule has 0 aliphatic carbocycles. The summed E-state index contributed by atoms with van der Waals surface area (Å²) in [6.07, 6.45) is 2.79. The Bertz CT molecular complexity index is 649. The molecule has 0 amide bonds. The van der Waals surface area contributed by atoms with Crippen molar-refractivity contribution in [3.05, 3.63) is 58.7 Å². The molecule has 0 atom stereocenters. The largest absolute Gasteiger partial charge is 0.362 e. The first-order chi connectivity index (χ1) is 11.2. The fourth-order valence-corrected chi connectivity index (χ4v) is 3.39. The number of hydrogen-bond donors (Lipinski definition) is 2. The van der Waals surface area contributed by atoms with Crippen molar-refractivity contribution in [2.45, 2.75) is 19.1 Å². The average molecular weight is 366 g/mol. The first-order valence-corrected chi connectivity index (χ1v) is 9.38. The Kier molecular flexibility index (Phi) is 7.65. The highest BCUT2D eigenvalue weighted by Gasteiger charge is 2.02. The topological polar surface area (TPSA) is 37.0 Å². The lowest BCUT2D eigenvalue weighted by Crippen LogP contribution is -2.30. The zero-order chi connectivity index (χ0) is 16.5. The third kappa shape index (κ3) is 6.37. The van der Waals surface area contributed by atoms with Gasteiger partial charge in [-0.1, -0.05) is 35.9 Å². The van der Waals surface area contributed by atoms with Gasteiger partial charge in [-0.25, -0.2) is 4.98 Å². The Labute approximate surface area is 152 Å². The number of benzene rings is 1. The minimum absolute atomic E-state index is 0.614. The molecule has 0 spiro atoms. The Hall–Kier alpha value is -1.30. The monoisotopic (exact) mass is 365 g/mol. The van der Waals surface area contributed by atoms with E-state index in [0.717, 1.165) is 40.9 Å². The van der Waals surface area contributed by atoms with Crippen LogP contribution in [0, 0.1) is 6.92 Å². The number of nitrogens with one attached hydrogen (secondary N) is 2. The lowest BCUT2D eigenvalue weighted by Gasteiger charge is -2.11. The van der Waals surface area contributed by atoms with Crippen LogP contribution in [0.15, 0.2) is 42.6 Å². The van der Waals surface area contributed by atoms with Crippen LogP contribution in [-0.2, 0) is 5.75 Å². The molecule has 2 rings (SSSR count). The number of pyridine rings is 1. The number of thioether (sulfide) groups is 1. The van der Waals surface area contributed by atoms with Crippen LogP contribution in [0.5, 0.6) is 0 Å². The number of thiocarbonyl (C=S) groups is 1. The number of aromatic nitrogens is 1. The van der Waals surface area contributed by atoms with Crippen LogP contribution in [0.2, 0.25) is 5.02 Å². The molecule has 1 aromatic carbocycles. The molecule has 0 saturated carbocycles. The highest BCUT2D eigenvalue weighted by molar-refractivity contribution is 7.98. The fraction of sp³-hybridized carbons (Fsp3) is 0.294. The molecule has 0 fully saturated rings. The molecule has 0 aliphatic heterocycles. The summed E-state index contributed by atoms with van der Waals surface area (Å²) in [6, 6.07) is 11.9. The van der Waals surface area contributed by atoms with Crippen molar-refractivity contribution in [1.29, 1.82) is 0 Å². The number of rotatable bonds is 7. The molecule has 0 bridgehead atoms. The van der Waals surface area contributed by atoms with E-state index >= 15 is 0 Å². The van der Waals surface area contributed by atoms with Gasteiger partial charge in [-0.2, -0.15) is 11.8 Å². The van der Waals surface area contributed by atoms with Crippen molar-refractivity contribution < 1.29 is 0 Å². The van der Waals surface area contributed by atoms with Gasteiger partial charge in [0.05, 0.1) is 0 Å². The standard InChI is InChI=1S/C17H20ClN3S2/c1-13-6-4-9-19-16(13)21-17(22)20-10-5-11-23-12-14-7-2-3-8-15(14)18/h2-4,6-9H,5,10-12H2,1H3,(H2,19,20,21,22). The second kappa shape index (κ2) is 9.75. The van der Waals surface area contributed by atoms with Gasteiger partial charge in [0.1, 0.15) is 5.82 Å². The van der Waals surface area contributed by atoms with Crippen molar-refractivity contribution in [3.8, 4) is 0 Å². The summed E-state index contributed by atoms with van der Waals surface area (Å²) in [6.45, 7) is 2.84. The maximum Gasteiger partial charge on any atom is 0.171 e. The SMILES string of the molecule is Cc1cccnc1NC(=S)NCCCSCc1ccccc1Cl. The van der Waals surface area contributed by atoms with Crippen molar-refractivity contribution in [2.75, 3.05) is 17.6 Å². The molecular formula is C17H20ClN3S2. The molecule has 6 heteroatoms. The molecule has 1 aromatic heterocycles. The average Bonchev–Trinajstić information content (AvgIpc) is 2.54. The summed E-state index contributed by atoms with van der Waals surface area (Å²) in [4.78, 5) is 4.26. The van der Waals surface area contributed by atoms with E-state index in [1.54, 1.807) is 6.20 Å². The molecule has 23 heavy (non-hydrogen) atoms. The molecule has 0 radical (unpaired) electrons. The van der Waals surface area contributed by atoms with Gasteiger partial charge in [0, 0.05) is 23.5 Å². The number of nitrogens with zero attached hydrogens (tertiary/aromatic N) is 1. The predicted octanol–water partition coefficient (Wildman–Crippen LogP) is 4.65. The minimum Gasteiger partial charge on any atom is -0.362 e. The van der Waals surface area contributed by atoms with Gasteiger partial charge in [-0.15, -0.1) is 0 Å². The number of anilines is 1. The maximum absolute atomic E-state index is 6.14. The van der Waals surface area contributed by atoms with Crippen LogP contribution in [0.4, 0.5) is 5.82 Å². The Morgan fingerprint density at radius 2 is 2.09 bits per heavy atom. The molecule has 2 N–H and O–H groups in total. The Balaban J connectivity index is 1.59. The quantitative estimate of drug-likeness (QED) is 0.551. The Morgan fingerprint density at radius 1 is 1.26 bits per heavy atom. The third-order valence-electron chi connectivity index (χ3n) is 3.21. The van der Waals surface area contributed by atoms with E-state index in [1.807, 2.05) is 49.0 Å². The van der Waals surface area contributed by atoms with Gasteiger partial charge in [0.25, 0.3) is 0 Å². The maximum atomic E-state index is 6.14. The second-order valence-corrected chi connectivity index (χ2v) is 6.97. The van der Waals surface area contributed by atoms with Gasteiger partial charge in [-0.3, -0.25) is 0 Å². The van der Waals surface area contributed by atoms with Gasteiger partial charge in [0.15, 0.2) is 5.11 Å². The van der Waals surface area contributed by atoms with Crippen molar-refractivity contribution in [2.24, 2.45) is 0 Å². The van der Waals surface area contributed by atoms with Crippen LogP contribution in [0.1, 0.15) is 17.5 Å². The van der Waals surface area contributed by atoms with Crippen LogP contribution >= 0.6 is 35.6 Å². The molecule has 0 aliphatic rings. The van der Waals surface area contributed by atoms with E-state index in [9.17, 15) is 0 Å². The predicted molar refractivity (Wildman–Crippen MR) is 105 cm³/mol. The normalized spacial score (nSPS) is 10.3. The first kappa shape index (κ1) is 18.0. The summed E-state index contributed by atoms with van der Waals surface area (Å²) in [5.41, 5.74) is 2.27. The summed E-state index contributed by atoms with van der Waals surface area (Å²) >= 11 is 13.3. The Morgan fingerprint density at radius 3 is 2.87 bits per heavy atom. The van der Waals surface area contributed by atoms with E-state index < -0.39 is 0 Å². The highest BCUT2D eigenvalue weighted by atomic mass is 35.5. The van der Waals surface area contributed by atoms with E-state index in [-0.39, 0.29) is 0 Å². The number of hydrogen-bond acceptors (Lipinski definition) is 3. The lowest BCUT2D eigenvalue weighted by molar-refractivity contribution is 0.853. The summed E-state index contributed by atoms with van der Waals surface area (Å²) in [7, 11) is 0. The molecule has 0 saturated heterocycles. The zero-order valence-electron chi connectivity index (χ0n) is 13.0. The lowest BCUT2D eigenvalue weighted by atomic mass is 10.2. The van der Waals surface area contributed by atoms with Crippen LogP contribution in [0.25, 0.3) is 0 Å². The van der Waals surface area contributed by atoms with Crippen molar-refractivity contribution in [3.63, 3.8) is 0 Å². The molecule has 122 valence electrons. The van der Waals surface area contributed by atoms with E-state index in [2.05, 4.69) is 21.7 Å². The zero-order valence-corrected chi connectivity index (χ0v) is 15.4. The first-order valence-electron chi connectivity index (χ1n) is 7.44. The van der Waals surface area contributed by atoms with Crippen molar-refractivity contribution >= 4 is 46.5 Å². The molecule has 3 nitrogen and oxygen atoms in total. The highest BCUT2D eigenvalue weighted by Crippen LogP contribution is 2.20. The van der Waals surface area contributed by atoms with E-state index in [1.165, 1.54) is 5.56 Å². The molecular weight excluding hydrogens is 346 g/mol. The third-order valence-corrected chi connectivity index (χ3v) is 4.92. The molecule has 0 unspecified atom stereocenters. The number of aryl methyl sites for hydroxylation is 1. The summed E-state index contributed by atoms with van der Waals surface area (Å²) in [5.74, 6) is 2.80. The van der Waals surface area contributed by atoms with E-state index in [0.29, 0.717) is 5.11 Å². The minimum atomic E-state index is 0.614. The smallest absolute Gasteiger partial charge is 0.171 e. The van der Waals surface area contributed by atoms with Gasteiger partial charge >= 0.3 is 0 Å². The van der Waals surface area contributed by atoms with Gasteiger partial charge in [-0.05, 0) is 54.6 Å². The van der Waals surface area contributed by atoms with Gasteiger partial charge in [0.2, 0.25) is 0 Å².